The fraction of sp³-hybridized carbons (Fsp3) is 0.435. The minimum Gasteiger partial charge on any atom is -0.490 e. The zero-order valence-electron chi connectivity index (χ0n) is 16.1. The molecule has 0 aromatic heterocycles. The summed E-state index contributed by atoms with van der Waals surface area (Å²) >= 11 is 0. The van der Waals surface area contributed by atoms with E-state index in [4.69, 9.17) is 4.74 Å². The number of nitrogens with one attached hydrogen (secondary N) is 1. The summed E-state index contributed by atoms with van der Waals surface area (Å²) in [6.45, 7) is 3.44. The van der Waals surface area contributed by atoms with Gasteiger partial charge in [0.05, 0.1) is 0 Å². The summed E-state index contributed by atoms with van der Waals surface area (Å²) in [6, 6.07) is 14.4. The summed E-state index contributed by atoms with van der Waals surface area (Å²) in [4.78, 5) is 14.7. The van der Waals surface area contributed by atoms with Crippen molar-refractivity contribution in [2.24, 2.45) is 0 Å². The summed E-state index contributed by atoms with van der Waals surface area (Å²) in [6.07, 6.45) is 3.95. The Kier molecular flexibility index (Phi) is 5.91. The monoisotopic (exact) mass is 382 g/mol. The molecule has 2 fully saturated rings. The van der Waals surface area contributed by atoms with E-state index in [1.54, 1.807) is 12.1 Å². The van der Waals surface area contributed by atoms with Crippen molar-refractivity contribution < 1.29 is 13.9 Å². The van der Waals surface area contributed by atoms with Crippen LogP contribution in [0.25, 0.3) is 0 Å². The zero-order chi connectivity index (χ0) is 19.3. The summed E-state index contributed by atoms with van der Waals surface area (Å²) in [7, 11) is 0. The molecule has 2 aliphatic heterocycles. The minimum absolute atomic E-state index is 0.0204. The van der Waals surface area contributed by atoms with Gasteiger partial charge in [-0.25, -0.2) is 4.39 Å². The molecule has 2 heterocycles. The van der Waals surface area contributed by atoms with Crippen LogP contribution in [0.4, 0.5) is 4.39 Å². The van der Waals surface area contributed by atoms with Gasteiger partial charge in [-0.1, -0.05) is 18.2 Å². The smallest absolute Gasteiger partial charge is 0.253 e. The molecule has 0 saturated carbocycles. The average molecular weight is 382 g/mol. The van der Waals surface area contributed by atoms with Gasteiger partial charge in [0, 0.05) is 44.1 Å². The second-order valence-electron chi connectivity index (χ2n) is 7.73. The van der Waals surface area contributed by atoms with Crippen molar-refractivity contribution in [1.29, 1.82) is 0 Å². The molecule has 0 radical (unpaired) electrons. The molecule has 1 N–H and O–H groups in total. The van der Waals surface area contributed by atoms with Gasteiger partial charge in [-0.3, -0.25) is 4.79 Å². The Morgan fingerprint density at radius 2 is 1.86 bits per heavy atom. The molecule has 148 valence electrons. The van der Waals surface area contributed by atoms with Crippen molar-refractivity contribution in [2.75, 3.05) is 26.2 Å². The molecule has 5 heteroatoms. The van der Waals surface area contributed by atoms with Crippen LogP contribution in [0.5, 0.6) is 5.75 Å². The molecular formula is C23H27FN2O2. The average Bonchev–Trinajstić information content (AvgIpc) is 2.75. The summed E-state index contributed by atoms with van der Waals surface area (Å²) in [5.41, 5.74) is 2.06. The Morgan fingerprint density at radius 1 is 1.07 bits per heavy atom. The van der Waals surface area contributed by atoms with E-state index in [1.165, 1.54) is 30.5 Å². The van der Waals surface area contributed by atoms with E-state index in [9.17, 15) is 9.18 Å². The van der Waals surface area contributed by atoms with Gasteiger partial charge in [-0.05, 0) is 55.1 Å². The molecule has 1 atom stereocenters. The molecule has 0 aliphatic carbocycles. The Labute approximate surface area is 165 Å². The Hall–Kier alpha value is -2.40. The van der Waals surface area contributed by atoms with Gasteiger partial charge in [0.2, 0.25) is 0 Å². The topological polar surface area (TPSA) is 41.6 Å². The number of amides is 1. The Bertz CT molecular complexity index is 795. The van der Waals surface area contributed by atoms with Gasteiger partial charge in [0.1, 0.15) is 17.7 Å². The van der Waals surface area contributed by atoms with Crippen LogP contribution in [0, 0.1) is 5.82 Å². The highest BCUT2D eigenvalue weighted by Gasteiger charge is 2.25. The van der Waals surface area contributed by atoms with Crippen molar-refractivity contribution in [3.8, 4) is 5.75 Å². The zero-order valence-corrected chi connectivity index (χ0v) is 16.1. The van der Waals surface area contributed by atoms with E-state index in [-0.39, 0.29) is 17.8 Å². The van der Waals surface area contributed by atoms with E-state index in [2.05, 4.69) is 17.4 Å². The maximum absolute atomic E-state index is 13.3. The maximum Gasteiger partial charge on any atom is 0.253 e. The number of carbonyl (C=O) groups is 1. The molecule has 28 heavy (non-hydrogen) atoms. The largest absolute Gasteiger partial charge is 0.490 e. The van der Waals surface area contributed by atoms with Crippen LogP contribution in [0.3, 0.4) is 0 Å². The number of hydrogen-bond donors (Lipinski definition) is 1. The molecule has 2 aromatic carbocycles. The van der Waals surface area contributed by atoms with Crippen LogP contribution < -0.4 is 10.1 Å². The molecule has 0 unspecified atom stereocenters. The number of hydrogen-bond acceptors (Lipinski definition) is 3. The van der Waals surface area contributed by atoms with E-state index >= 15 is 0 Å². The van der Waals surface area contributed by atoms with Crippen molar-refractivity contribution in [1.82, 2.24) is 10.2 Å². The Balaban J connectivity index is 1.31. The third kappa shape index (κ3) is 4.53. The van der Waals surface area contributed by atoms with Crippen molar-refractivity contribution >= 4 is 5.91 Å². The molecule has 4 rings (SSSR count). The minimum atomic E-state index is -0.294. The molecule has 2 aliphatic rings. The molecule has 2 saturated heterocycles. The Morgan fingerprint density at radius 3 is 2.54 bits per heavy atom. The number of halogens is 1. The first kappa shape index (κ1) is 18.9. The number of likely N-dealkylation sites (tertiary alicyclic amines) is 1. The number of rotatable bonds is 4. The number of benzene rings is 2. The maximum atomic E-state index is 13.3. The fourth-order valence-electron chi connectivity index (χ4n) is 4.13. The lowest BCUT2D eigenvalue weighted by molar-refractivity contribution is 0.0595. The van der Waals surface area contributed by atoms with Crippen LogP contribution in [-0.2, 0) is 0 Å². The molecule has 0 bridgehead atoms. The first-order valence-electron chi connectivity index (χ1n) is 10.2. The lowest BCUT2D eigenvalue weighted by Crippen LogP contribution is -2.41. The van der Waals surface area contributed by atoms with E-state index in [0.29, 0.717) is 24.8 Å². The van der Waals surface area contributed by atoms with Crippen LogP contribution >= 0.6 is 0 Å². The van der Waals surface area contributed by atoms with Crippen LogP contribution in [0.2, 0.25) is 0 Å². The predicted octanol–water partition coefficient (Wildman–Crippen LogP) is 3.98. The van der Waals surface area contributed by atoms with Gasteiger partial charge in [0.15, 0.2) is 0 Å². The van der Waals surface area contributed by atoms with Crippen molar-refractivity contribution in [3.05, 3.63) is 65.5 Å². The third-order valence-electron chi connectivity index (χ3n) is 5.75. The van der Waals surface area contributed by atoms with E-state index in [0.717, 1.165) is 31.5 Å². The molecule has 2 aromatic rings. The van der Waals surface area contributed by atoms with Gasteiger partial charge in [-0.2, -0.15) is 0 Å². The normalized spacial score (nSPS) is 20.8. The van der Waals surface area contributed by atoms with E-state index < -0.39 is 0 Å². The van der Waals surface area contributed by atoms with Gasteiger partial charge in [-0.15, -0.1) is 0 Å². The highest BCUT2D eigenvalue weighted by Crippen LogP contribution is 2.25. The van der Waals surface area contributed by atoms with Gasteiger partial charge in [0.25, 0.3) is 5.91 Å². The van der Waals surface area contributed by atoms with Crippen molar-refractivity contribution in [2.45, 2.75) is 37.7 Å². The summed E-state index contributed by atoms with van der Waals surface area (Å²) in [5.74, 6) is 0.890. The van der Waals surface area contributed by atoms with Crippen molar-refractivity contribution in [3.63, 3.8) is 0 Å². The SMILES string of the molecule is O=C(c1ccc([C@H]2CCCNC2)cc1)N1CCC(Oc2cccc(F)c2)CC1. The standard InChI is InChI=1S/C23H27FN2O2/c24-20-4-1-5-22(15-20)28-21-10-13-26(14-11-21)23(27)18-8-6-17(7-9-18)19-3-2-12-25-16-19/h1,4-9,15,19,21,25H,2-3,10-14,16H2/t19-/m0/s1. The quantitative estimate of drug-likeness (QED) is 0.870. The lowest BCUT2D eigenvalue weighted by atomic mass is 9.91. The second-order valence-corrected chi connectivity index (χ2v) is 7.73. The van der Waals surface area contributed by atoms with Crippen LogP contribution in [0.1, 0.15) is 47.5 Å². The number of ether oxygens (including phenoxy) is 1. The third-order valence-corrected chi connectivity index (χ3v) is 5.75. The molecule has 4 nitrogen and oxygen atoms in total. The highest BCUT2D eigenvalue weighted by molar-refractivity contribution is 5.94. The fourth-order valence-corrected chi connectivity index (χ4v) is 4.13. The summed E-state index contributed by atoms with van der Waals surface area (Å²) < 4.78 is 19.2. The lowest BCUT2D eigenvalue weighted by Gasteiger charge is -2.32. The molecule has 1 amide bonds. The first-order chi connectivity index (χ1) is 13.7. The van der Waals surface area contributed by atoms with Gasteiger partial charge >= 0.3 is 0 Å². The molecule has 0 spiro atoms. The summed E-state index contributed by atoms with van der Waals surface area (Å²) in [5, 5.41) is 3.44. The number of carbonyl (C=O) groups excluding carboxylic acids is 1. The number of nitrogens with zero attached hydrogens (tertiary/aromatic N) is 1. The number of piperidine rings is 2. The highest BCUT2D eigenvalue weighted by atomic mass is 19.1. The van der Waals surface area contributed by atoms with E-state index in [1.807, 2.05) is 17.0 Å². The second kappa shape index (κ2) is 8.74. The predicted molar refractivity (Wildman–Crippen MR) is 107 cm³/mol. The van der Waals surface area contributed by atoms with Gasteiger partial charge < -0.3 is 15.0 Å². The molecular weight excluding hydrogens is 355 g/mol. The first-order valence-corrected chi connectivity index (χ1v) is 10.2. The van der Waals surface area contributed by atoms with Crippen LogP contribution in [0.15, 0.2) is 48.5 Å². The van der Waals surface area contributed by atoms with Crippen LogP contribution in [-0.4, -0.2) is 43.1 Å².